The monoisotopic (exact) mass is 239 g/mol. The van der Waals surface area contributed by atoms with Crippen LogP contribution in [0.1, 0.15) is 12.5 Å². The molecule has 88 valence electrons. The Balaban J connectivity index is 2.94. The second-order valence-corrected chi connectivity index (χ2v) is 4.37. The molecular formula is C11H17N3OS. The van der Waals surface area contributed by atoms with Crippen molar-refractivity contribution < 1.29 is 4.74 Å². The first-order valence-electron chi connectivity index (χ1n) is 5.05. The summed E-state index contributed by atoms with van der Waals surface area (Å²) < 4.78 is 5.18. The van der Waals surface area contributed by atoms with Crippen LogP contribution < -0.4 is 16.2 Å². The average Bonchev–Trinajstić information content (AvgIpc) is 2.29. The van der Waals surface area contributed by atoms with Gasteiger partial charge in [0.2, 0.25) is 0 Å². The van der Waals surface area contributed by atoms with E-state index in [0.29, 0.717) is 11.7 Å². The molecule has 5 heteroatoms. The summed E-state index contributed by atoms with van der Waals surface area (Å²) in [6, 6.07) is 5.61. The summed E-state index contributed by atoms with van der Waals surface area (Å²) in [6.45, 7) is 2.46. The molecule has 1 aromatic carbocycles. The Morgan fingerprint density at radius 2 is 2.25 bits per heavy atom. The summed E-state index contributed by atoms with van der Waals surface area (Å²) >= 11 is 1.51. The van der Waals surface area contributed by atoms with Crippen LogP contribution in [-0.2, 0) is 6.54 Å². The topological polar surface area (TPSA) is 73.6 Å². The Labute approximate surface area is 100 Å². The number of nitrogens with zero attached hydrogens (tertiary/aromatic N) is 1. The maximum absolute atomic E-state index is 5.73. The highest BCUT2D eigenvalue weighted by Crippen LogP contribution is 2.24. The van der Waals surface area contributed by atoms with Gasteiger partial charge in [-0.1, -0.05) is 18.7 Å². The van der Waals surface area contributed by atoms with Crippen LogP contribution in [0.2, 0.25) is 0 Å². The quantitative estimate of drug-likeness (QED) is 0.621. The lowest BCUT2D eigenvalue weighted by Gasteiger charge is -2.07. The van der Waals surface area contributed by atoms with Crippen LogP contribution in [0.25, 0.3) is 0 Å². The van der Waals surface area contributed by atoms with Gasteiger partial charge in [-0.25, -0.2) is 4.99 Å². The summed E-state index contributed by atoms with van der Waals surface area (Å²) in [5.41, 5.74) is 13.1. The molecular weight excluding hydrogens is 222 g/mol. The van der Waals surface area contributed by atoms with Crippen molar-refractivity contribution in [3.63, 3.8) is 0 Å². The van der Waals surface area contributed by atoms with E-state index in [0.717, 1.165) is 22.8 Å². The number of aliphatic imine (C=N–C) groups is 1. The van der Waals surface area contributed by atoms with Crippen molar-refractivity contribution in [2.24, 2.45) is 16.5 Å². The maximum Gasteiger partial charge on any atom is 0.159 e. The lowest BCUT2D eigenvalue weighted by Crippen LogP contribution is -2.06. The molecule has 4 N–H and O–H groups in total. The third-order valence-corrected chi connectivity index (χ3v) is 2.69. The molecule has 16 heavy (non-hydrogen) atoms. The summed E-state index contributed by atoms with van der Waals surface area (Å²) in [6.07, 6.45) is 0. The summed E-state index contributed by atoms with van der Waals surface area (Å²) in [5, 5.41) is 0.565. The van der Waals surface area contributed by atoms with E-state index in [4.69, 9.17) is 16.2 Å². The van der Waals surface area contributed by atoms with Crippen molar-refractivity contribution in [3.8, 4) is 5.75 Å². The zero-order valence-electron chi connectivity index (χ0n) is 9.56. The molecule has 0 aliphatic heterocycles. The number of nitrogens with two attached hydrogens (primary N) is 2. The summed E-state index contributed by atoms with van der Waals surface area (Å²) in [4.78, 5) is 4.28. The minimum absolute atomic E-state index is 0.424. The number of hydrogen-bond acceptors (Lipinski definition) is 4. The Bertz CT molecular complexity index is 379. The number of rotatable bonds is 4. The third kappa shape index (κ3) is 3.43. The molecule has 0 aromatic heterocycles. The number of benzene rings is 1. The largest absolute Gasteiger partial charge is 0.496 e. The van der Waals surface area contributed by atoms with Gasteiger partial charge >= 0.3 is 0 Å². The highest BCUT2D eigenvalue weighted by Gasteiger charge is 2.02. The molecule has 0 heterocycles. The normalized spacial score (nSPS) is 11.6. The van der Waals surface area contributed by atoms with E-state index in [1.54, 1.807) is 7.11 Å². The molecule has 0 unspecified atom stereocenters. The molecule has 0 saturated heterocycles. The van der Waals surface area contributed by atoms with E-state index in [9.17, 15) is 0 Å². The molecule has 0 atom stereocenters. The predicted molar refractivity (Wildman–Crippen MR) is 70.3 cm³/mol. The van der Waals surface area contributed by atoms with Crippen molar-refractivity contribution in [2.45, 2.75) is 13.5 Å². The third-order valence-electron chi connectivity index (χ3n) is 2.02. The second-order valence-electron chi connectivity index (χ2n) is 3.08. The number of ether oxygens (including phenoxy) is 1. The molecule has 1 aromatic rings. The van der Waals surface area contributed by atoms with E-state index < -0.39 is 0 Å². The van der Waals surface area contributed by atoms with E-state index in [2.05, 4.69) is 4.99 Å². The zero-order valence-corrected chi connectivity index (χ0v) is 10.4. The van der Waals surface area contributed by atoms with Crippen LogP contribution in [0, 0.1) is 0 Å². The van der Waals surface area contributed by atoms with Gasteiger partial charge in [-0.05, 0) is 24.0 Å². The Morgan fingerprint density at radius 3 is 2.81 bits per heavy atom. The number of hydrogen-bond donors (Lipinski definition) is 2. The highest BCUT2D eigenvalue weighted by molar-refractivity contribution is 8.13. The Hall–Kier alpha value is -1.20. The first-order chi connectivity index (χ1) is 7.71. The molecule has 0 aliphatic carbocycles. The van der Waals surface area contributed by atoms with Crippen LogP contribution in [0.5, 0.6) is 5.75 Å². The standard InChI is InChI=1S/C11H17N3OS/c1-3-16-11(13)14-9-4-5-10(15-2)8(6-9)7-12/h4-6H,3,7,12H2,1-2H3,(H2,13,14). The van der Waals surface area contributed by atoms with Gasteiger partial charge in [0.25, 0.3) is 0 Å². The molecule has 1 rings (SSSR count). The number of amidine groups is 1. The van der Waals surface area contributed by atoms with Crippen LogP contribution in [-0.4, -0.2) is 18.0 Å². The van der Waals surface area contributed by atoms with Crippen LogP contribution in [0.15, 0.2) is 23.2 Å². The van der Waals surface area contributed by atoms with Gasteiger partial charge in [0.1, 0.15) is 5.75 Å². The summed E-state index contributed by atoms with van der Waals surface area (Å²) in [5.74, 6) is 1.69. The fourth-order valence-corrected chi connectivity index (χ4v) is 1.77. The minimum atomic E-state index is 0.424. The molecule has 0 spiro atoms. The van der Waals surface area contributed by atoms with Gasteiger partial charge in [-0.3, -0.25) is 0 Å². The average molecular weight is 239 g/mol. The minimum Gasteiger partial charge on any atom is -0.496 e. The first-order valence-corrected chi connectivity index (χ1v) is 6.03. The first kappa shape index (κ1) is 12.9. The Morgan fingerprint density at radius 1 is 1.50 bits per heavy atom. The van der Waals surface area contributed by atoms with Crippen molar-refractivity contribution in [1.29, 1.82) is 0 Å². The number of thioether (sulfide) groups is 1. The SMILES string of the molecule is CCSC(N)=Nc1ccc(OC)c(CN)c1. The molecule has 0 radical (unpaired) electrons. The predicted octanol–water partition coefficient (Wildman–Crippen LogP) is 1.85. The lowest BCUT2D eigenvalue weighted by molar-refractivity contribution is 0.410. The molecule has 0 fully saturated rings. The van der Waals surface area contributed by atoms with Crippen molar-refractivity contribution in [1.82, 2.24) is 0 Å². The van der Waals surface area contributed by atoms with Crippen molar-refractivity contribution in [2.75, 3.05) is 12.9 Å². The van der Waals surface area contributed by atoms with Gasteiger partial charge in [0.05, 0.1) is 12.8 Å². The van der Waals surface area contributed by atoms with Crippen LogP contribution in [0.3, 0.4) is 0 Å². The van der Waals surface area contributed by atoms with Crippen LogP contribution >= 0.6 is 11.8 Å². The van der Waals surface area contributed by atoms with Gasteiger partial charge in [0, 0.05) is 12.1 Å². The molecule has 0 aliphatic rings. The Kier molecular flexibility index (Phi) is 5.14. The fraction of sp³-hybridized carbons (Fsp3) is 0.364. The van der Waals surface area contributed by atoms with Gasteiger partial charge < -0.3 is 16.2 Å². The van der Waals surface area contributed by atoms with E-state index in [-0.39, 0.29) is 0 Å². The molecule has 0 amide bonds. The van der Waals surface area contributed by atoms with Gasteiger partial charge in [-0.15, -0.1) is 0 Å². The van der Waals surface area contributed by atoms with Gasteiger partial charge in [0.15, 0.2) is 5.17 Å². The highest BCUT2D eigenvalue weighted by atomic mass is 32.2. The van der Waals surface area contributed by atoms with Crippen molar-refractivity contribution >= 4 is 22.6 Å². The second kappa shape index (κ2) is 6.40. The molecule has 0 bridgehead atoms. The van der Waals surface area contributed by atoms with E-state index in [1.807, 2.05) is 25.1 Å². The molecule has 0 saturated carbocycles. The van der Waals surface area contributed by atoms with E-state index in [1.165, 1.54) is 11.8 Å². The number of methoxy groups -OCH3 is 1. The summed E-state index contributed by atoms with van der Waals surface area (Å²) in [7, 11) is 1.62. The van der Waals surface area contributed by atoms with Gasteiger partial charge in [-0.2, -0.15) is 0 Å². The fourth-order valence-electron chi connectivity index (χ4n) is 1.30. The smallest absolute Gasteiger partial charge is 0.159 e. The van der Waals surface area contributed by atoms with Crippen LogP contribution in [0.4, 0.5) is 5.69 Å². The van der Waals surface area contributed by atoms with E-state index >= 15 is 0 Å². The lowest BCUT2D eigenvalue weighted by atomic mass is 10.2. The maximum atomic E-state index is 5.73. The molecule has 4 nitrogen and oxygen atoms in total. The van der Waals surface area contributed by atoms with Crippen molar-refractivity contribution in [3.05, 3.63) is 23.8 Å². The zero-order chi connectivity index (χ0) is 12.0.